The molecule has 1 aromatic rings. The van der Waals surface area contributed by atoms with Crippen LogP contribution in [0, 0.1) is 5.82 Å². The van der Waals surface area contributed by atoms with Crippen molar-refractivity contribution >= 4 is 36.6 Å². The molecule has 0 aromatic heterocycles. The number of nitrogens with one attached hydrogen (secondary N) is 1. The molecule has 0 spiro atoms. The first-order valence-electron chi connectivity index (χ1n) is 9.41. The van der Waals surface area contributed by atoms with Crippen LogP contribution in [0.2, 0.25) is 0 Å². The Bertz CT molecular complexity index is 681. The number of hydrogen-bond donors (Lipinski definition) is 2. The molecule has 2 fully saturated rings. The summed E-state index contributed by atoms with van der Waals surface area (Å²) in [7, 11) is 0. The summed E-state index contributed by atoms with van der Waals surface area (Å²) in [4.78, 5) is 28.7. The third-order valence-electron chi connectivity index (χ3n) is 5.30. The molecule has 0 atom stereocenters. The van der Waals surface area contributed by atoms with E-state index in [1.807, 2.05) is 4.90 Å². The van der Waals surface area contributed by atoms with Crippen LogP contribution >= 0.6 is 24.8 Å². The summed E-state index contributed by atoms with van der Waals surface area (Å²) in [5.41, 5.74) is 5.54. The van der Waals surface area contributed by atoms with Crippen molar-refractivity contribution in [3.05, 3.63) is 35.6 Å². The van der Waals surface area contributed by atoms with E-state index in [2.05, 4.69) is 10.2 Å². The molecule has 10 heteroatoms. The number of carbonyl (C=O) groups excluding carboxylic acids is 2. The highest BCUT2D eigenvalue weighted by molar-refractivity contribution is 5.94. The summed E-state index contributed by atoms with van der Waals surface area (Å²) in [5.74, 6) is -0.921. The van der Waals surface area contributed by atoms with Crippen molar-refractivity contribution in [3.63, 3.8) is 0 Å². The van der Waals surface area contributed by atoms with E-state index in [1.165, 1.54) is 12.1 Å². The predicted octanol–water partition coefficient (Wildman–Crippen LogP) is 1.05. The zero-order valence-corrected chi connectivity index (χ0v) is 17.9. The number of carbonyl (C=O) groups is 2. The van der Waals surface area contributed by atoms with Crippen LogP contribution < -0.4 is 11.1 Å². The molecule has 1 aromatic carbocycles. The highest BCUT2D eigenvalue weighted by atomic mass is 35.5. The van der Waals surface area contributed by atoms with Crippen molar-refractivity contribution in [2.45, 2.75) is 18.4 Å². The standard InChI is InChI=1S/C19H27FN4O3.2ClH/c20-16-4-2-1-3-15(16)17(25)22-7-8-23-9-11-24(12-10-23)18(26)19(21)5-13-27-14-6-19;;/h1-4H,5-14,21H2,(H,22,25);2*1H. The van der Waals surface area contributed by atoms with Gasteiger partial charge in [0.05, 0.1) is 11.1 Å². The SMILES string of the molecule is Cl.Cl.NC1(C(=O)N2CCN(CCNC(=O)c3ccccc3F)CC2)CCOCC1. The Morgan fingerprint density at radius 3 is 2.34 bits per heavy atom. The van der Waals surface area contributed by atoms with E-state index in [1.54, 1.807) is 12.1 Å². The quantitative estimate of drug-likeness (QED) is 0.699. The van der Waals surface area contributed by atoms with Crippen LogP contribution in [-0.4, -0.2) is 79.6 Å². The molecule has 0 bridgehead atoms. The van der Waals surface area contributed by atoms with E-state index in [9.17, 15) is 14.0 Å². The van der Waals surface area contributed by atoms with E-state index in [4.69, 9.17) is 10.5 Å². The largest absolute Gasteiger partial charge is 0.381 e. The van der Waals surface area contributed by atoms with Gasteiger partial charge < -0.3 is 20.7 Å². The van der Waals surface area contributed by atoms with Crippen molar-refractivity contribution < 1.29 is 18.7 Å². The van der Waals surface area contributed by atoms with Crippen LogP contribution in [0.5, 0.6) is 0 Å². The van der Waals surface area contributed by atoms with Gasteiger partial charge in [-0.15, -0.1) is 24.8 Å². The minimum Gasteiger partial charge on any atom is -0.381 e. The third-order valence-corrected chi connectivity index (χ3v) is 5.30. The summed E-state index contributed by atoms with van der Waals surface area (Å²) < 4.78 is 18.9. The molecule has 2 heterocycles. The summed E-state index contributed by atoms with van der Waals surface area (Å²) >= 11 is 0. The lowest BCUT2D eigenvalue weighted by atomic mass is 9.89. The fourth-order valence-electron chi connectivity index (χ4n) is 3.51. The molecule has 0 radical (unpaired) electrons. The summed E-state index contributed by atoms with van der Waals surface area (Å²) in [6, 6.07) is 5.93. The van der Waals surface area contributed by atoms with Gasteiger partial charge in [-0.1, -0.05) is 12.1 Å². The number of ether oxygens (including phenoxy) is 1. The first-order valence-corrected chi connectivity index (χ1v) is 9.41. The molecule has 0 aliphatic carbocycles. The highest BCUT2D eigenvalue weighted by Gasteiger charge is 2.39. The van der Waals surface area contributed by atoms with Gasteiger partial charge in [0.25, 0.3) is 5.91 Å². The maximum Gasteiger partial charge on any atom is 0.254 e. The number of hydrogen-bond acceptors (Lipinski definition) is 5. The Labute approximate surface area is 182 Å². The lowest BCUT2D eigenvalue weighted by molar-refractivity contribution is -0.142. The Morgan fingerprint density at radius 1 is 1.10 bits per heavy atom. The molecule has 0 saturated carbocycles. The Balaban J connectivity index is 0.00000210. The first kappa shape index (κ1) is 25.6. The summed E-state index contributed by atoms with van der Waals surface area (Å²) in [6.45, 7) is 4.86. The van der Waals surface area contributed by atoms with Crippen molar-refractivity contribution in [1.82, 2.24) is 15.1 Å². The average Bonchev–Trinajstić information content (AvgIpc) is 2.69. The van der Waals surface area contributed by atoms with E-state index in [0.29, 0.717) is 52.2 Å². The van der Waals surface area contributed by atoms with Crippen molar-refractivity contribution in [1.29, 1.82) is 0 Å². The van der Waals surface area contributed by atoms with Gasteiger partial charge in [0.2, 0.25) is 5.91 Å². The molecule has 7 nitrogen and oxygen atoms in total. The van der Waals surface area contributed by atoms with E-state index < -0.39 is 17.3 Å². The van der Waals surface area contributed by atoms with Crippen molar-refractivity contribution in [2.24, 2.45) is 5.73 Å². The molecule has 2 aliphatic rings. The smallest absolute Gasteiger partial charge is 0.254 e. The minimum absolute atomic E-state index is 0. The summed E-state index contributed by atoms with van der Waals surface area (Å²) in [5, 5.41) is 2.74. The number of rotatable bonds is 5. The molecule has 0 unspecified atom stereocenters. The number of benzene rings is 1. The van der Waals surface area contributed by atoms with Crippen LogP contribution in [0.15, 0.2) is 24.3 Å². The zero-order chi connectivity index (χ0) is 19.3. The topological polar surface area (TPSA) is 87.9 Å². The second-order valence-electron chi connectivity index (χ2n) is 7.14. The van der Waals surface area contributed by atoms with Gasteiger partial charge in [0.1, 0.15) is 5.82 Å². The van der Waals surface area contributed by atoms with Gasteiger partial charge in [-0.2, -0.15) is 0 Å². The summed E-state index contributed by atoms with van der Waals surface area (Å²) in [6.07, 6.45) is 1.13. The molecular weight excluding hydrogens is 422 g/mol. The maximum absolute atomic E-state index is 13.6. The third kappa shape index (κ3) is 6.52. The Morgan fingerprint density at radius 2 is 1.72 bits per heavy atom. The zero-order valence-electron chi connectivity index (χ0n) is 16.3. The second-order valence-corrected chi connectivity index (χ2v) is 7.14. The molecule has 3 N–H and O–H groups in total. The van der Waals surface area contributed by atoms with Crippen LogP contribution in [0.1, 0.15) is 23.2 Å². The van der Waals surface area contributed by atoms with Gasteiger partial charge in [0, 0.05) is 52.5 Å². The van der Waals surface area contributed by atoms with Gasteiger partial charge in [-0.05, 0) is 25.0 Å². The van der Waals surface area contributed by atoms with Crippen LogP contribution in [0.4, 0.5) is 4.39 Å². The van der Waals surface area contributed by atoms with E-state index in [0.717, 1.165) is 13.1 Å². The molecular formula is C19H29Cl2FN4O3. The number of nitrogens with two attached hydrogens (primary N) is 1. The molecule has 164 valence electrons. The van der Waals surface area contributed by atoms with Crippen LogP contribution in [-0.2, 0) is 9.53 Å². The number of halogens is 3. The predicted molar refractivity (Wildman–Crippen MR) is 113 cm³/mol. The lowest BCUT2D eigenvalue weighted by Crippen LogP contribution is -2.61. The van der Waals surface area contributed by atoms with Gasteiger partial charge >= 0.3 is 0 Å². The molecule has 2 saturated heterocycles. The normalized spacial score (nSPS) is 18.9. The molecule has 2 amide bonds. The highest BCUT2D eigenvalue weighted by Crippen LogP contribution is 2.21. The monoisotopic (exact) mass is 450 g/mol. The second kappa shape index (κ2) is 11.7. The number of nitrogens with zero attached hydrogens (tertiary/aromatic N) is 2. The number of amides is 2. The van der Waals surface area contributed by atoms with Gasteiger partial charge in [-0.3, -0.25) is 14.5 Å². The van der Waals surface area contributed by atoms with Crippen molar-refractivity contribution in [2.75, 3.05) is 52.5 Å². The Kier molecular flexibility index (Phi) is 10.3. The molecule has 2 aliphatic heterocycles. The first-order chi connectivity index (χ1) is 13.0. The number of piperazine rings is 1. The van der Waals surface area contributed by atoms with Crippen LogP contribution in [0.25, 0.3) is 0 Å². The van der Waals surface area contributed by atoms with Crippen molar-refractivity contribution in [3.8, 4) is 0 Å². The fraction of sp³-hybridized carbons (Fsp3) is 0.579. The van der Waals surface area contributed by atoms with Crippen LogP contribution in [0.3, 0.4) is 0 Å². The molecule has 29 heavy (non-hydrogen) atoms. The van der Waals surface area contributed by atoms with Gasteiger partial charge in [0.15, 0.2) is 0 Å². The maximum atomic E-state index is 13.6. The van der Waals surface area contributed by atoms with E-state index in [-0.39, 0.29) is 36.3 Å². The average molecular weight is 451 g/mol. The minimum atomic E-state index is -0.797. The lowest BCUT2D eigenvalue weighted by Gasteiger charge is -2.40. The van der Waals surface area contributed by atoms with E-state index >= 15 is 0 Å². The van der Waals surface area contributed by atoms with Gasteiger partial charge in [-0.25, -0.2) is 4.39 Å². The molecule has 3 rings (SSSR count). The Hall–Kier alpha value is -1.45. The fourth-order valence-corrected chi connectivity index (χ4v) is 3.51.